The molecule has 0 unspecified atom stereocenters. The number of aryl methyl sites for hydroxylation is 1. The molecule has 0 bridgehead atoms. The second kappa shape index (κ2) is 4.27. The summed E-state index contributed by atoms with van der Waals surface area (Å²) < 4.78 is 0. The molecule has 0 aliphatic carbocycles. The normalized spacial score (nSPS) is 10.3. The van der Waals surface area contributed by atoms with Gasteiger partial charge in [0.15, 0.2) is 0 Å². The van der Waals surface area contributed by atoms with E-state index in [1.807, 2.05) is 12.1 Å². The molecular formula is C9H10ClN5. The molecule has 1 N–H and O–H groups in total. The lowest BCUT2D eigenvalue weighted by molar-refractivity contribution is 0.646. The molecule has 0 aliphatic rings. The Labute approximate surface area is 92.1 Å². The van der Waals surface area contributed by atoms with E-state index in [0.29, 0.717) is 11.7 Å². The molecule has 0 amide bonds. The molecular weight excluding hydrogens is 214 g/mol. The highest BCUT2D eigenvalue weighted by atomic mass is 35.5. The highest BCUT2D eigenvalue weighted by Crippen LogP contribution is 2.09. The van der Waals surface area contributed by atoms with Crippen LogP contribution in [0.15, 0.2) is 24.4 Å². The van der Waals surface area contributed by atoms with Gasteiger partial charge in [0.25, 0.3) is 0 Å². The average molecular weight is 224 g/mol. The molecule has 5 nitrogen and oxygen atoms in total. The second-order valence-corrected chi connectivity index (χ2v) is 3.41. The van der Waals surface area contributed by atoms with Crippen LogP contribution in [0, 0.1) is 0 Å². The standard InChI is InChI=1S/C9H10ClN5/c1-15-12-6-7(14-15)5-11-9-4-2-3-8(10)13-9/h2-4,6H,5H2,1H3,(H,11,13). The summed E-state index contributed by atoms with van der Waals surface area (Å²) in [5.74, 6) is 0.730. The maximum Gasteiger partial charge on any atom is 0.131 e. The molecule has 0 fully saturated rings. The fourth-order valence-electron chi connectivity index (χ4n) is 1.16. The van der Waals surface area contributed by atoms with E-state index in [2.05, 4.69) is 20.5 Å². The third-order valence-electron chi connectivity index (χ3n) is 1.81. The summed E-state index contributed by atoms with van der Waals surface area (Å²) in [5, 5.41) is 11.7. The lowest BCUT2D eigenvalue weighted by Gasteiger charge is -2.02. The number of nitrogens with one attached hydrogen (secondary N) is 1. The van der Waals surface area contributed by atoms with E-state index >= 15 is 0 Å². The first kappa shape index (κ1) is 9.92. The zero-order valence-corrected chi connectivity index (χ0v) is 8.94. The molecule has 0 aliphatic heterocycles. The molecule has 0 radical (unpaired) electrons. The number of nitrogens with zero attached hydrogens (tertiary/aromatic N) is 4. The van der Waals surface area contributed by atoms with Crippen LogP contribution in [0.3, 0.4) is 0 Å². The molecule has 0 saturated carbocycles. The fraction of sp³-hybridized carbons (Fsp3) is 0.222. The Morgan fingerprint density at radius 2 is 2.33 bits per heavy atom. The van der Waals surface area contributed by atoms with Crippen LogP contribution in [0.4, 0.5) is 5.82 Å². The van der Waals surface area contributed by atoms with Gasteiger partial charge in [-0.25, -0.2) is 4.98 Å². The number of pyridine rings is 1. The zero-order chi connectivity index (χ0) is 10.7. The summed E-state index contributed by atoms with van der Waals surface area (Å²) in [7, 11) is 1.78. The highest BCUT2D eigenvalue weighted by Gasteiger charge is 1.99. The van der Waals surface area contributed by atoms with E-state index in [1.165, 1.54) is 4.80 Å². The van der Waals surface area contributed by atoms with Crippen molar-refractivity contribution in [3.05, 3.63) is 35.2 Å². The number of aromatic nitrogens is 4. The Morgan fingerprint density at radius 3 is 3.00 bits per heavy atom. The van der Waals surface area contributed by atoms with Gasteiger partial charge >= 0.3 is 0 Å². The Morgan fingerprint density at radius 1 is 1.47 bits per heavy atom. The number of hydrogen-bond donors (Lipinski definition) is 1. The van der Waals surface area contributed by atoms with Crippen molar-refractivity contribution < 1.29 is 0 Å². The van der Waals surface area contributed by atoms with Crippen LogP contribution in [-0.2, 0) is 13.6 Å². The van der Waals surface area contributed by atoms with Gasteiger partial charge in [-0.1, -0.05) is 17.7 Å². The van der Waals surface area contributed by atoms with E-state index in [-0.39, 0.29) is 0 Å². The largest absolute Gasteiger partial charge is 0.364 e. The molecule has 0 saturated heterocycles. The molecule has 0 aromatic carbocycles. The van der Waals surface area contributed by atoms with Crippen LogP contribution < -0.4 is 5.32 Å². The Bertz CT molecular complexity index is 453. The van der Waals surface area contributed by atoms with Crippen LogP contribution in [0.1, 0.15) is 5.69 Å². The van der Waals surface area contributed by atoms with Crippen molar-refractivity contribution in [2.45, 2.75) is 6.54 Å². The van der Waals surface area contributed by atoms with E-state index in [9.17, 15) is 0 Å². The van der Waals surface area contributed by atoms with Crippen molar-refractivity contribution in [3.63, 3.8) is 0 Å². The zero-order valence-electron chi connectivity index (χ0n) is 8.18. The summed E-state index contributed by atoms with van der Waals surface area (Å²) in [6.45, 7) is 0.585. The molecule has 15 heavy (non-hydrogen) atoms. The fourth-order valence-corrected chi connectivity index (χ4v) is 1.32. The molecule has 2 rings (SSSR count). The minimum atomic E-state index is 0.471. The van der Waals surface area contributed by atoms with Crippen molar-refractivity contribution in [2.24, 2.45) is 7.05 Å². The lowest BCUT2D eigenvalue weighted by atomic mass is 10.4. The van der Waals surface area contributed by atoms with Gasteiger partial charge in [0.1, 0.15) is 16.7 Å². The van der Waals surface area contributed by atoms with Crippen LogP contribution in [-0.4, -0.2) is 20.0 Å². The smallest absolute Gasteiger partial charge is 0.131 e. The third kappa shape index (κ3) is 2.66. The predicted molar refractivity (Wildman–Crippen MR) is 57.6 cm³/mol. The first-order valence-electron chi connectivity index (χ1n) is 4.46. The number of rotatable bonds is 3. The molecule has 2 heterocycles. The van der Waals surface area contributed by atoms with Gasteiger partial charge in [-0.2, -0.15) is 15.0 Å². The lowest BCUT2D eigenvalue weighted by Crippen LogP contribution is -2.02. The van der Waals surface area contributed by atoms with Crippen molar-refractivity contribution in [1.29, 1.82) is 0 Å². The summed E-state index contributed by atoms with van der Waals surface area (Å²) in [5.41, 5.74) is 0.860. The van der Waals surface area contributed by atoms with Gasteiger partial charge in [-0.15, -0.1) is 0 Å². The molecule has 6 heteroatoms. The van der Waals surface area contributed by atoms with Gasteiger partial charge in [-0.3, -0.25) is 0 Å². The molecule has 2 aromatic heterocycles. The van der Waals surface area contributed by atoms with E-state index in [4.69, 9.17) is 11.6 Å². The van der Waals surface area contributed by atoms with Gasteiger partial charge < -0.3 is 5.32 Å². The van der Waals surface area contributed by atoms with E-state index in [1.54, 1.807) is 19.3 Å². The van der Waals surface area contributed by atoms with Crippen molar-refractivity contribution in [3.8, 4) is 0 Å². The maximum atomic E-state index is 5.75. The van der Waals surface area contributed by atoms with Crippen LogP contribution in [0.2, 0.25) is 5.15 Å². The Balaban J connectivity index is 1.99. The predicted octanol–water partition coefficient (Wildman–Crippen LogP) is 1.48. The first-order valence-corrected chi connectivity index (χ1v) is 4.83. The average Bonchev–Trinajstić information content (AvgIpc) is 2.62. The summed E-state index contributed by atoms with van der Waals surface area (Å²) in [4.78, 5) is 5.61. The molecule has 0 spiro atoms. The Kier molecular flexibility index (Phi) is 2.82. The third-order valence-corrected chi connectivity index (χ3v) is 2.02. The van der Waals surface area contributed by atoms with Crippen molar-refractivity contribution >= 4 is 17.4 Å². The van der Waals surface area contributed by atoms with E-state index < -0.39 is 0 Å². The van der Waals surface area contributed by atoms with Gasteiger partial charge in [0.05, 0.1) is 12.7 Å². The van der Waals surface area contributed by atoms with Crippen molar-refractivity contribution in [2.75, 3.05) is 5.32 Å². The van der Waals surface area contributed by atoms with E-state index in [0.717, 1.165) is 11.5 Å². The number of halogens is 1. The van der Waals surface area contributed by atoms with Gasteiger partial charge in [0.2, 0.25) is 0 Å². The summed E-state index contributed by atoms with van der Waals surface area (Å²) >= 11 is 5.75. The first-order chi connectivity index (χ1) is 7.24. The van der Waals surface area contributed by atoms with Crippen LogP contribution in [0.25, 0.3) is 0 Å². The highest BCUT2D eigenvalue weighted by molar-refractivity contribution is 6.29. The topological polar surface area (TPSA) is 55.6 Å². The SMILES string of the molecule is Cn1ncc(CNc2cccc(Cl)n2)n1. The Hall–Kier alpha value is -1.62. The summed E-state index contributed by atoms with van der Waals surface area (Å²) in [6, 6.07) is 5.42. The van der Waals surface area contributed by atoms with Crippen LogP contribution in [0.5, 0.6) is 0 Å². The van der Waals surface area contributed by atoms with Gasteiger partial charge in [-0.05, 0) is 12.1 Å². The summed E-state index contributed by atoms with van der Waals surface area (Å²) in [6.07, 6.45) is 1.71. The van der Waals surface area contributed by atoms with Gasteiger partial charge in [0, 0.05) is 7.05 Å². The van der Waals surface area contributed by atoms with Crippen molar-refractivity contribution in [1.82, 2.24) is 20.0 Å². The molecule has 0 atom stereocenters. The monoisotopic (exact) mass is 223 g/mol. The molecule has 78 valence electrons. The number of hydrogen-bond acceptors (Lipinski definition) is 4. The quantitative estimate of drug-likeness (QED) is 0.801. The minimum Gasteiger partial charge on any atom is -0.364 e. The number of anilines is 1. The maximum absolute atomic E-state index is 5.75. The molecule has 2 aromatic rings. The second-order valence-electron chi connectivity index (χ2n) is 3.02. The van der Waals surface area contributed by atoms with Crippen LogP contribution >= 0.6 is 11.6 Å². The minimum absolute atomic E-state index is 0.471.